The predicted molar refractivity (Wildman–Crippen MR) is 49.0 cm³/mol. The lowest BCUT2D eigenvalue weighted by Crippen LogP contribution is -2.43. The van der Waals surface area contributed by atoms with Gasteiger partial charge in [0.05, 0.1) is 5.00 Å². The summed E-state index contributed by atoms with van der Waals surface area (Å²) in [4.78, 5) is 0. The summed E-state index contributed by atoms with van der Waals surface area (Å²) < 4.78 is 5.37. The number of halogens is 1. The fourth-order valence-electron chi connectivity index (χ4n) is 0.915. The normalized spacial score (nSPS) is 15.9. The molecule has 1 unspecified atom stereocenters. The van der Waals surface area contributed by atoms with Crippen molar-refractivity contribution in [2.75, 3.05) is 7.11 Å². The molecule has 0 amide bonds. The van der Waals surface area contributed by atoms with Crippen LogP contribution >= 0.6 is 11.6 Å². The van der Waals surface area contributed by atoms with Gasteiger partial charge in [0.15, 0.2) is 0 Å². The van der Waals surface area contributed by atoms with Crippen LogP contribution in [0.2, 0.25) is 13.1 Å². The molecular weight excluding hydrogens is 164 g/mol. The van der Waals surface area contributed by atoms with E-state index in [4.69, 9.17) is 16.0 Å². The molecule has 0 saturated carbocycles. The van der Waals surface area contributed by atoms with Gasteiger partial charge in [0.1, 0.15) is 0 Å². The van der Waals surface area contributed by atoms with Crippen LogP contribution in [0.4, 0.5) is 0 Å². The molecule has 0 N–H and O–H groups in total. The lowest BCUT2D eigenvalue weighted by atomic mass is 10.3. The third-order valence-electron chi connectivity index (χ3n) is 1.78. The Hall–Kier alpha value is 0.467. The Morgan fingerprint density at radius 3 is 1.80 bits per heavy atom. The number of alkyl halides is 1. The van der Waals surface area contributed by atoms with Crippen molar-refractivity contribution in [3.8, 4) is 0 Å². The maximum atomic E-state index is 6.14. The zero-order chi connectivity index (χ0) is 8.36. The second kappa shape index (κ2) is 3.74. The van der Waals surface area contributed by atoms with Gasteiger partial charge in [-0.1, -0.05) is 13.8 Å². The highest BCUT2D eigenvalue weighted by atomic mass is 35.5. The van der Waals surface area contributed by atoms with Gasteiger partial charge in [-0.05, 0) is 19.0 Å². The standard InChI is InChI=1S/C7H17ClOSi/c1-6(2)7(8)10(4,5)9-3/h6-7H,1-5H3. The lowest BCUT2D eigenvalue weighted by molar-refractivity contribution is 0.391. The summed E-state index contributed by atoms with van der Waals surface area (Å²) in [5.74, 6) is 0.517. The molecule has 0 bridgehead atoms. The van der Waals surface area contributed by atoms with Crippen molar-refractivity contribution in [1.82, 2.24) is 0 Å². The molecule has 0 aromatic rings. The summed E-state index contributed by atoms with van der Waals surface area (Å²) in [6.07, 6.45) is 0. The van der Waals surface area contributed by atoms with Gasteiger partial charge >= 0.3 is 0 Å². The van der Waals surface area contributed by atoms with Crippen LogP contribution in [0.1, 0.15) is 13.8 Å². The molecular formula is C7H17ClOSi. The first-order valence-electron chi connectivity index (χ1n) is 3.61. The van der Waals surface area contributed by atoms with E-state index in [1.807, 2.05) is 0 Å². The first-order valence-corrected chi connectivity index (χ1v) is 7.03. The molecule has 0 aliphatic carbocycles. The molecule has 0 aliphatic rings. The van der Waals surface area contributed by atoms with E-state index in [0.29, 0.717) is 5.92 Å². The van der Waals surface area contributed by atoms with E-state index >= 15 is 0 Å². The van der Waals surface area contributed by atoms with Crippen molar-refractivity contribution < 1.29 is 4.43 Å². The van der Waals surface area contributed by atoms with E-state index < -0.39 is 8.32 Å². The Kier molecular flexibility index (Phi) is 3.92. The van der Waals surface area contributed by atoms with Crippen LogP contribution in [0.5, 0.6) is 0 Å². The molecule has 62 valence electrons. The van der Waals surface area contributed by atoms with Crippen LogP contribution in [-0.4, -0.2) is 20.4 Å². The summed E-state index contributed by atoms with van der Waals surface area (Å²) in [7, 11) is 0.176. The zero-order valence-electron chi connectivity index (χ0n) is 7.44. The van der Waals surface area contributed by atoms with E-state index in [1.54, 1.807) is 7.11 Å². The Bertz CT molecular complexity index is 104. The summed E-state index contributed by atoms with van der Waals surface area (Å²) >= 11 is 6.14. The number of hydrogen-bond acceptors (Lipinski definition) is 1. The van der Waals surface area contributed by atoms with Gasteiger partial charge in [-0.15, -0.1) is 11.6 Å². The van der Waals surface area contributed by atoms with Gasteiger partial charge in [-0.2, -0.15) is 0 Å². The first-order chi connectivity index (χ1) is 4.41. The summed E-state index contributed by atoms with van der Waals surface area (Å²) in [5.41, 5.74) is 0. The third kappa shape index (κ3) is 2.60. The molecule has 0 aromatic carbocycles. The summed E-state index contributed by atoms with van der Waals surface area (Å²) in [6, 6.07) is 0. The molecule has 10 heavy (non-hydrogen) atoms. The quantitative estimate of drug-likeness (QED) is 0.480. The molecule has 0 radical (unpaired) electrons. The Labute approximate surface area is 69.9 Å². The van der Waals surface area contributed by atoms with E-state index in [0.717, 1.165) is 0 Å². The minimum Gasteiger partial charge on any atom is -0.419 e. The van der Waals surface area contributed by atoms with Crippen LogP contribution in [0.3, 0.4) is 0 Å². The average Bonchev–Trinajstić information content (AvgIpc) is 1.86. The summed E-state index contributed by atoms with van der Waals surface area (Å²) in [5, 5.41) is 0.220. The Balaban J connectivity index is 4.03. The SMILES string of the molecule is CO[Si](C)(C)C(Cl)C(C)C. The predicted octanol–water partition coefficient (Wildman–Crippen LogP) is 2.64. The van der Waals surface area contributed by atoms with Gasteiger partial charge < -0.3 is 4.43 Å². The van der Waals surface area contributed by atoms with Crippen molar-refractivity contribution in [2.45, 2.75) is 31.9 Å². The van der Waals surface area contributed by atoms with E-state index in [9.17, 15) is 0 Å². The van der Waals surface area contributed by atoms with Gasteiger partial charge in [-0.3, -0.25) is 0 Å². The number of hydrogen-bond donors (Lipinski definition) is 0. The highest BCUT2D eigenvalue weighted by molar-refractivity contribution is 6.79. The van der Waals surface area contributed by atoms with Crippen molar-refractivity contribution in [2.24, 2.45) is 5.92 Å². The molecule has 0 heterocycles. The fraction of sp³-hybridized carbons (Fsp3) is 1.00. The van der Waals surface area contributed by atoms with Crippen molar-refractivity contribution in [1.29, 1.82) is 0 Å². The van der Waals surface area contributed by atoms with Gasteiger partial charge in [-0.25, -0.2) is 0 Å². The minimum atomic E-state index is -1.58. The molecule has 0 rings (SSSR count). The summed E-state index contributed by atoms with van der Waals surface area (Å²) in [6.45, 7) is 8.55. The fourth-order valence-corrected chi connectivity index (χ4v) is 3.01. The van der Waals surface area contributed by atoms with Crippen molar-refractivity contribution in [3.63, 3.8) is 0 Å². The first kappa shape index (κ1) is 10.5. The van der Waals surface area contributed by atoms with Gasteiger partial charge in [0, 0.05) is 7.11 Å². The van der Waals surface area contributed by atoms with Crippen LogP contribution < -0.4 is 0 Å². The van der Waals surface area contributed by atoms with Crippen LogP contribution in [0, 0.1) is 5.92 Å². The second-order valence-corrected chi connectivity index (χ2v) is 8.53. The largest absolute Gasteiger partial charge is 0.419 e. The molecule has 3 heteroatoms. The second-order valence-electron chi connectivity index (χ2n) is 3.45. The molecule has 0 aliphatic heterocycles. The average molecular weight is 181 g/mol. The maximum absolute atomic E-state index is 6.14. The monoisotopic (exact) mass is 180 g/mol. The van der Waals surface area contributed by atoms with Gasteiger partial charge in [0.25, 0.3) is 0 Å². The van der Waals surface area contributed by atoms with Crippen LogP contribution in [0.15, 0.2) is 0 Å². The van der Waals surface area contributed by atoms with Crippen molar-refractivity contribution >= 4 is 19.9 Å². The lowest BCUT2D eigenvalue weighted by Gasteiger charge is -2.28. The molecule has 0 aromatic heterocycles. The minimum absolute atomic E-state index is 0.220. The van der Waals surface area contributed by atoms with Crippen LogP contribution in [-0.2, 0) is 4.43 Å². The smallest absolute Gasteiger partial charge is 0.203 e. The van der Waals surface area contributed by atoms with Crippen molar-refractivity contribution in [3.05, 3.63) is 0 Å². The van der Waals surface area contributed by atoms with E-state index in [2.05, 4.69) is 26.9 Å². The number of rotatable bonds is 3. The molecule has 1 atom stereocenters. The van der Waals surface area contributed by atoms with E-state index in [-0.39, 0.29) is 5.00 Å². The third-order valence-corrected chi connectivity index (χ3v) is 6.90. The topological polar surface area (TPSA) is 9.23 Å². The van der Waals surface area contributed by atoms with Crippen LogP contribution in [0.25, 0.3) is 0 Å². The highest BCUT2D eigenvalue weighted by Gasteiger charge is 2.32. The van der Waals surface area contributed by atoms with Gasteiger partial charge in [0.2, 0.25) is 8.32 Å². The maximum Gasteiger partial charge on any atom is 0.203 e. The zero-order valence-corrected chi connectivity index (χ0v) is 9.20. The Morgan fingerprint density at radius 1 is 1.30 bits per heavy atom. The molecule has 0 spiro atoms. The Morgan fingerprint density at radius 2 is 1.70 bits per heavy atom. The molecule has 1 nitrogen and oxygen atoms in total. The molecule has 0 fully saturated rings. The molecule has 0 saturated heterocycles. The highest BCUT2D eigenvalue weighted by Crippen LogP contribution is 2.21. The van der Waals surface area contributed by atoms with E-state index in [1.165, 1.54) is 0 Å².